The molecule has 0 aromatic carbocycles. The van der Waals surface area contributed by atoms with Gasteiger partial charge in [-0.2, -0.15) is 0 Å². The highest BCUT2D eigenvalue weighted by atomic mass is 16.5. The van der Waals surface area contributed by atoms with Crippen molar-refractivity contribution in [1.82, 2.24) is 10.2 Å². The molecule has 2 unspecified atom stereocenters. The summed E-state index contributed by atoms with van der Waals surface area (Å²) in [7, 11) is 0. The molecule has 110 valence electrons. The summed E-state index contributed by atoms with van der Waals surface area (Å²) in [4.78, 5) is 24.9. The average molecular weight is 272 g/mol. The van der Waals surface area contributed by atoms with Gasteiger partial charge in [-0.25, -0.2) is 0 Å². The highest BCUT2D eigenvalue weighted by Gasteiger charge is 2.38. The van der Waals surface area contributed by atoms with E-state index < -0.39 is 11.9 Å². The lowest BCUT2D eigenvalue weighted by Gasteiger charge is -2.30. The molecule has 0 bridgehead atoms. The number of likely N-dealkylation sites (N-methyl/N-ethyl adjacent to an activating group) is 1. The first kappa shape index (κ1) is 15.9. The van der Waals surface area contributed by atoms with E-state index in [1.807, 2.05) is 32.6 Å². The smallest absolute Gasteiger partial charge is 0.310 e. The molecule has 2 atom stereocenters. The number of carboxylic acids is 1. The fourth-order valence-corrected chi connectivity index (χ4v) is 2.24. The summed E-state index contributed by atoms with van der Waals surface area (Å²) in [5, 5.41) is 12.0. The molecule has 1 fully saturated rings. The first-order chi connectivity index (χ1) is 8.74. The van der Waals surface area contributed by atoms with Crippen molar-refractivity contribution in [2.45, 2.75) is 39.3 Å². The van der Waals surface area contributed by atoms with E-state index in [9.17, 15) is 9.59 Å². The Labute approximate surface area is 114 Å². The Kier molecular flexibility index (Phi) is 5.31. The molecule has 1 aliphatic rings. The van der Waals surface area contributed by atoms with E-state index in [4.69, 9.17) is 9.84 Å². The molecular weight excluding hydrogens is 248 g/mol. The molecule has 1 heterocycles. The summed E-state index contributed by atoms with van der Waals surface area (Å²) < 4.78 is 5.24. The van der Waals surface area contributed by atoms with Crippen LogP contribution in [0.1, 0.15) is 27.7 Å². The van der Waals surface area contributed by atoms with Crippen LogP contribution in [0.25, 0.3) is 0 Å². The van der Waals surface area contributed by atoms with E-state index in [0.29, 0.717) is 13.2 Å². The van der Waals surface area contributed by atoms with Crippen LogP contribution < -0.4 is 5.32 Å². The average Bonchev–Trinajstić information content (AvgIpc) is 2.72. The fourth-order valence-electron chi connectivity index (χ4n) is 2.24. The highest BCUT2D eigenvalue weighted by molar-refractivity contribution is 5.79. The minimum atomic E-state index is -0.864. The van der Waals surface area contributed by atoms with Crippen LogP contribution in [0.15, 0.2) is 0 Å². The molecule has 0 aromatic heterocycles. The maximum Gasteiger partial charge on any atom is 0.310 e. The van der Waals surface area contributed by atoms with Gasteiger partial charge in [0.25, 0.3) is 0 Å². The lowest BCUT2D eigenvalue weighted by Crippen LogP contribution is -2.50. The number of ether oxygens (including phenoxy) is 1. The Morgan fingerprint density at radius 2 is 2.00 bits per heavy atom. The van der Waals surface area contributed by atoms with E-state index in [0.717, 1.165) is 0 Å². The lowest BCUT2D eigenvalue weighted by molar-refractivity contribution is -0.143. The summed E-state index contributed by atoms with van der Waals surface area (Å²) >= 11 is 0. The van der Waals surface area contributed by atoms with E-state index in [-0.39, 0.29) is 30.6 Å². The number of carboxylic acid groups (broad SMARTS) is 1. The zero-order valence-electron chi connectivity index (χ0n) is 12.1. The molecule has 0 aromatic rings. The minimum absolute atomic E-state index is 0.0922. The van der Waals surface area contributed by atoms with Crippen molar-refractivity contribution in [3.8, 4) is 0 Å². The van der Waals surface area contributed by atoms with Crippen LogP contribution >= 0.6 is 0 Å². The molecule has 1 rings (SSSR count). The maximum absolute atomic E-state index is 11.9. The number of amides is 1. The zero-order valence-corrected chi connectivity index (χ0v) is 12.1. The van der Waals surface area contributed by atoms with Gasteiger partial charge in [0, 0.05) is 11.6 Å². The quantitative estimate of drug-likeness (QED) is 0.753. The van der Waals surface area contributed by atoms with Crippen LogP contribution in [-0.2, 0) is 14.3 Å². The molecule has 1 aliphatic heterocycles. The van der Waals surface area contributed by atoms with Gasteiger partial charge in [-0.05, 0) is 27.3 Å². The predicted molar refractivity (Wildman–Crippen MR) is 70.9 cm³/mol. The van der Waals surface area contributed by atoms with Gasteiger partial charge < -0.3 is 15.2 Å². The van der Waals surface area contributed by atoms with Gasteiger partial charge in [-0.1, -0.05) is 6.92 Å². The summed E-state index contributed by atoms with van der Waals surface area (Å²) in [6.07, 6.45) is 0. The van der Waals surface area contributed by atoms with Crippen molar-refractivity contribution in [1.29, 1.82) is 0 Å². The first-order valence-corrected chi connectivity index (χ1v) is 6.60. The van der Waals surface area contributed by atoms with Gasteiger partial charge in [0.05, 0.1) is 25.7 Å². The number of carbonyl (C=O) groups excluding carboxylic acids is 1. The molecule has 1 saturated heterocycles. The molecular formula is C13H24N2O4. The molecule has 0 aliphatic carbocycles. The monoisotopic (exact) mass is 272 g/mol. The normalized spacial score (nSPS) is 23.6. The van der Waals surface area contributed by atoms with Crippen molar-refractivity contribution in [3.05, 3.63) is 0 Å². The minimum Gasteiger partial charge on any atom is -0.481 e. The maximum atomic E-state index is 11.9. The number of hydrogen-bond acceptors (Lipinski definition) is 4. The van der Waals surface area contributed by atoms with Crippen LogP contribution in [0, 0.1) is 5.92 Å². The van der Waals surface area contributed by atoms with Gasteiger partial charge in [0.15, 0.2) is 0 Å². The standard InChI is InChI=1S/C13H24N2O4/c1-5-15(6-11(16)14-13(2,3)4)10-8-19-7-9(10)12(17)18/h9-10H,5-8H2,1-4H3,(H,14,16)(H,17,18). The third-order valence-electron chi connectivity index (χ3n) is 3.10. The summed E-state index contributed by atoms with van der Waals surface area (Å²) in [6, 6.07) is -0.229. The van der Waals surface area contributed by atoms with E-state index in [1.54, 1.807) is 0 Å². The van der Waals surface area contributed by atoms with Crippen LogP contribution in [0.5, 0.6) is 0 Å². The number of nitrogens with one attached hydrogen (secondary N) is 1. The number of rotatable bonds is 5. The van der Waals surface area contributed by atoms with Gasteiger partial charge in [-0.3, -0.25) is 14.5 Å². The molecule has 0 saturated carbocycles. The van der Waals surface area contributed by atoms with Gasteiger partial charge in [-0.15, -0.1) is 0 Å². The molecule has 0 radical (unpaired) electrons. The molecule has 6 nitrogen and oxygen atoms in total. The van der Waals surface area contributed by atoms with Crippen molar-refractivity contribution in [3.63, 3.8) is 0 Å². The Hall–Kier alpha value is -1.14. The SMILES string of the molecule is CCN(CC(=O)NC(C)(C)C)C1COCC1C(=O)O. The Balaban J connectivity index is 2.63. The highest BCUT2D eigenvalue weighted by Crippen LogP contribution is 2.19. The van der Waals surface area contributed by atoms with Gasteiger partial charge in [0.1, 0.15) is 0 Å². The first-order valence-electron chi connectivity index (χ1n) is 6.60. The molecule has 0 spiro atoms. The zero-order chi connectivity index (χ0) is 14.6. The summed E-state index contributed by atoms with van der Waals surface area (Å²) in [6.45, 7) is 9.08. The number of hydrogen-bond donors (Lipinski definition) is 2. The number of aliphatic carboxylic acids is 1. The molecule has 19 heavy (non-hydrogen) atoms. The second-order valence-corrected chi connectivity index (χ2v) is 5.91. The van der Waals surface area contributed by atoms with Crippen LogP contribution in [0.3, 0.4) is 0 Å². The Morgan fingerprint density at radius 1 is 1.37 bits per heavy atom. The van der Waals surface area contributed by atoms with E-state index >= 15 is 0 Å². The van der Waals surface area contributed by atoms with Crippen molar-refractivity contribution < 1.29 is 19.4 Å². The second kappa shape index (κ2) is 6.34. The van der Waals surface area contributed by atoms with Crippen molar-refractivity contribution >= 4 is 11.9 Å². The van der Waals surface area contributed by atoms with E-state index in [2.05, 4.69) is 5.32 Å². The molecule has 1 amide bonds. The lowest BCUT2D eigenvalue weighted by atomic mass is 10.0. The fraction of sp³-hybridized carbons (Fsp3) is 0.846. The Bertz CT molecular complexity index is 338. The summed E-state index contributed by atoms with van der Waals surface area (Å²) in [5.41, 5.74) is -0.283. The van der Waals surface area contributed by atoms with Gasteiger partial charge >= 0.3 is 5.97 Å². The van der Waals surface area contributed by atoms with Gasteiger partial charge in [0.2, 0.25) is 5.91 Å². The third-order valence-corrected chi connectivity index (χ3v) is 3.10. The van der Waals surface area contributed by atoms with Crippen LogP contribution in [0.2, 0.25) is 0 Å². The predicted octanol–water partition coefficient (Wildman–Crippen LogP) is 0.323. The van der Waals surface area contributed by atoms with E-state index in [1.165, 1.54) is 0 Å². The number of nitrogens with zero attached hydrogens (tertiary/aromatic N) is 1. The third kappa shape index (κ3) is 4.80. The van der Waals surface area contributed by atoms with Crippen molar-refractivity contribution in [2.75, 3.05) is 26.3 Å². The van der Waals surface area contributed by atoms with Crippen LogP contribution in [-0.4, -0.2) is 59.8 Å². The largest absolute Gasteiger partial charge is 0.481 e. The second-order valence-electron chi connectivity index (χ2n) is 5.91. The molecule has 6 heteroatoms. The van der Waals surface area contributed by atoms with Crippen molar-refractivity contribution in [2.24, 2.45) is 5.92 Å². The topological polar surface area (TPSA) is 78.9 Å². The Morgan fingerprint density at radius 3 is 2.47 bits per heavy atom. The molecule has 2 N–H and O–H groups in total. The number of carbonyl (C=O) groups is 2. The summed E-state index contributed by atoms with van der Waals surface area (Å²) in [5.74, 6) is -1.51. The van der Waals surface area contributed by atoms with Crippen LogP contribution in [0.4, 0.5) is 0 Å².